The van der Waals surface area contributed by atoms with E-state index < -0.39 is 8.07 Å². The van der Waals surface area contributed by atoms with Gasteiger partial charge in [-0.1, -0.05) is 31.2 Å². The van der Waals surface area contributed by atoms with Crippen LogP contribution < -0.4 is 0 Å². The number of hydrogen-bond acceptors (Lipinski definition) is 2. The molecule has 0 aliphatic carbocycles. The van der Waals surface area contributed by atoms with Gasteiger partial charge in [0.1, 0.15) is 6.73 Å². The smallest absolute Gasteiger partial charge is 0.139 e. The van der Waals surface area contributed by atoms with Gasteiger partial charge >= 0.3 is 0 Å². The van der Waals surface area contributed by atoms with Crippen molar-refractivity contribution in [3.63, 3.8) is 0 Å². The van der Waals surface area contributed by atoms with Gasteiger partial charge < -0.3 is 4.74 Å². The molecular formula is C13H18ClIN2OSi. The van der Waals surface area contributed by atoms with E-state index in [4.69, 9.17) is 16.3 Å². The van der Waals surface area contributed by atoms with Crippen molar-refractivity contribution in [1.29, 1.82) is 0 Å². The monoisotopic (exact) mass is 408 g/mol. The largest absolute Gasteiger partial charge is 0.360 e. The summed E-state index contributed by atoms with van der Waals surface area (Å²) in [6.45, 7) is 8.34. The van der Waals surface area contributed by atoms with Gasteiger partial charge in [-0.2, -0.15) is 5.10 Å². The Balaban J connectivity index is 2.05. The van der Waals surface area contributed by atoms with Gasteiger partial charge in [-0.25, -0.2) is 4.68 Å². The molecule has 0 saturated carbocycles. The van der Waals surface area contributed by atoms with E-state index >= 15 is 0 Å². The minimum Gasteiger partial charge on any atom is -0.360 e. The highest BCUT2D eigenvalue weighted by molar-refractivity contribution is 14.1. The van der Waals surface area contributed by atoms with Gasteiger partial charge in [0.05, 0.1) is 11.7 Å². The second kappa shape index (κ2) is 6.11. The average molecular weight is 409 g/mol. The van der Waals surface area contributed by atoms with Crippen molar-refractivity contribution < 1.29 is 4.74 Å². The number of fused-ring (bicyclic) bond motifs is 1. The Morgan fingerprint density at radius 2 is 2.11 bits per heavy atom. The minimum absolute atomic E-state index is 0.490. The molecule has 1 heterocycles. The fraction of sp³-hybridized carbons (Fsp3) is 0.462. The predicted molar refractivity (Wildman–Crippen MR) is 91.6 cm³/mol. The van der Waals surface area contributed by atoms with E-state index in [0.717, 1.165) is 26.1 Å². The molecule has 0 bridgehead atoms. The predicted octanol–water partition coefficient (Wildman–Crippen LogP) is 4.61. The fourth-order valence-corrected chi connectivity index (χ4v) is 3.64. The first-order valence-electron chi connectivity index (χ1n) is 6.25. The molecule has 3 nitrogen and oxygen atoms in total. The number of halogens is 2. The van der Waals surface area contributed by atoms with Crippen LogP contribution in [0, 0.1) is 3.57 Å². The van der Waals surface area contributed by atoms with Crippen LogP contribution in [0.15, 0.2) is 18.3 Å². The zero-order chi connectivity index (χ0) is 14.0. The molecule has 0 unspecified atom stereocenters. The summed E-state index contributed by atoms with van der Waals surface area (Å²) in [6.07, 6.45) is 1.87. The molecular weight excluding hydrogens is 391 g/mol. The average Bonchev–Trinajstić information content (AvgIpc) is 2.66. The summed E-state index contributed by atoms with van der Waals surface area (Å²) in [4.78, 5) is 0. The molecule has 0 saturated heterocycles. The summed E-state index contributed by atoms with van der Waals surface area (Å²) < 4.78 is 8.72. The number of benzene rings is 1. The molecule has 0 aliphatic rings. The summed E-state index contributed by atoms with van der Waals surface area (Å²) in [5, 5.41) is 6.23. The Hall–Kier alpha value is -0.113. The van der Waals surface area contributed by atoms with Crippen LogP contribution in [0.2, 0.25) is 30.7 Å². The van der Waals surface area contributed by atoms with Crippen LogP contribution >= 0.6 is 34.2 Å². The second-order valence-electron chi connectivity index (χ2n) is 5.81. The summed E-state index contributed by atoms with van der Waals surface area (Å²) in [6, 6.07) is 5.06. The maximum Gasteiger partial charge on any atom is 0.139 e. The molecule has 2 aromatic rings. The molecule has 19 heavy (non-hydrogen) atoms. The number of ether oxygens (including phenoxy) is 1. The van der Waals surface area contributed by atoms with Crippen LogP contribution in [0.3, 0.4) is 0 Å². The maximum atomic E-state index is 6.09. The van der Waals surface area contributed by atoms with E-state index in [0.29, 0.717) is 6.73 Å². The van der Waals surface area contributed by atoms with Crippen LogP contribution in [0.5, 0.6) is 0 Å². The first kappa shape index (κ1) is 15.3. The number of nitrogens with zero attached hydrogens (tertiary/aromatic N) is 2. The highest BCUT2D eigenvalue weighted by atomic mass is 127. The molecule has 0 radical (unpaired) electrons. The van der Waals surface area contributed by atoms with Gasteiger partial charge in [-0.3, -0.25) is 0 Å². The molecule has 6 heteroatoms. The van der Waals surface area contributed by atoms with Crippen molar-refractivity contribution in [1.82, 2.24) is 9.78 Å². The Morgan fingerprint density at radius 3 is 2.79 bits per heavy atom. The van der Waals surface area contributed by atoms with E-state index in [1.807, 2.05) is 23.0 Å². The van der Waals surface area contributed by atoms with Crippen molar-refractivity contribution >= 4 is 53.2 Å². The van der Waals surface area contributed by atoms with E-state index in [1.54, 1.807) is 0 Å². The molecule has 0 N–H and O–H groups in total. The van der Waals surface area contributed by atoms with Crippen molar-refractivity contribution in [2.45, 2.75) is 32.4 Å². The lowest BCUT2D eigenvalue weighted by Gasteiger charge is -2.15. The molecule has 0 aliphatic heterocycles. The number of hydrogen-bond donors (Lipinski definition) is 0. The Morgan fingerprint density at radius 1 is 1.37 bits per heavy atom. The van der Waals surface area contributed by atoms with Crippen LogP contribution in [-0.2, 0) is 11.5 Å². The Bertz CT molecular complexity index is 580. The van der Waals surface area contributed by atoms with E-state index in [-0.39, 0.29) is 0 Å². The topological polar surface area (TPSA) is 27.1 Å². The third-order valence-electron chi connectivity index (χ3n) is 2.89. The van der Waals surface area contributed by atoms with Crippen LogP contribution in [0.25, 0.3) is 10.9 Å². The van der Waals surface area contributed by atoms with Crippen molar-refractivity contribution in [3.8, 4) is 0 Å². The van der Waals surface area contributed by atoms with Gasteiger partial charge in [-0.05, 0) is 40.8 Å². The zero-order valence-corrected chi connectivity index (χ0v) is 15.3. The van der Waals surface area contributed by atoms with Crippen molar-refractivity contribution in [2.24, 2.45) is 0 Å². The van der Waals surface area contributed by atoms with Gasteiger partial charge in [0.25, 0.3) is 0 Å². The van der Waals surface area contributed by atoms with Crippen LogP contribution in [0.4, 0.5) is 0 Å². The Labute approximate surface area is 133 Å². The van der Waals surface area contributed by atoms with Crippen molar-refractivity contribution in [2.75, 3.05) is 6.61 Å². The lowest BCUT2D eigenvalue weighted by Crippen LogP contribution is -2.22. The van der Waals surface area contributed by atoms with E-state index in [9.17, 15) is 0 Å². The third kappa shape index (κ3) is 4.17. The summed E-state index contributed by atoms with van der Waals surface area (Å²) in [7, 11) is -1.03. The third-order valence-corrected chi connectivity index (χ3v) is 5.70. The zero-order valence-electron chi connectivity index (χ0n) is 11.4. The van der Waals surface area contributed by atoms with Gasteiger partial charge in [0.15, 0.2) is 0 Å². The van der Waals surface area contributed by atoms with Gasteiger partial charge in [0, 0.05) is 28.7 Å². The van der Waals surface area contributed by atoms with E-state index in [2.05, 4.69) is 47.3 Å². The van der Waals surface area contributed by atoms with Crippen molar-refractivity contribution in [3.05, 3.63) is 26.9 Å². The molecule has 0 amide bonds. The molecule has 1 aromatic carbocycles. The normalized spacial score (nSPS) is 12.3. The minimum atomic E-state index is -1.03. The lowest BCUT2D eigenvalue weighted by atomic mass is 10.2. The molecule has 0 atom stereocenters. The first-order chi connectivity index (χ1) is 8.87. The fourth-order valence-electron chi connectivity index (χ4n) is 1.73. The summed E-state index contributed by atoms with van der Waals surface area (Å²) in [5.41, 5.74) is 1.03. The lowest BCUT2D eigenvalue weighted by molar-refractivity contribution is 0.0817. The molecule has 0 fully saturated rings. The standard InChI is InChI=1S/C13H18ClIN2OSi/c1-19(2,3)5-4-18-9-17-13-7-10(14)6-12(15)11(13)8-16-17/h6-8H,4-5,9H2,1-3H3. The first-order valence-corrected chi connectivity index (χ1v) is 11.4. The molecule has 104 valence electrons. The quantitative estimate of drug-likeness (QED) is 0.410. The van der Waals surface area contributed by atoms with Gasteiger partial charge in [0.2, 0.25) is 0 Å². The summed E-state index contributed by atoms with van der Waals surface area (Å²) in [5.74, 6) is 0. The Kier molecular flexibility index (Phi) is 4.92. The maximum absolute atomic E-state index is 6.09. The number of rotatable bonds is 5. The van der Waals surface area contributed by atoms with Gasteiger partial charge in [-0.15, -0.1) is 0 Å². The van der Waals surface area contributed by atoms with Crippen LogP contribution in [-0.4, -0.2) is 24.5 Å². The molecule has 2 rings (SSSR count). The second-order valence-corrected chi connectivity index (χ2v) is 13.0. The summed E-state index contributed by atoms with van der Waals surface area (Å²) >= 11 is 8.37. The molecule has 0 spiro atoms. The number of aromatic nitrogens is 2. The SMILES string of the molecule is C[Si](C)(C)CCOCn1ncc2c(I)cc(Cl)cc21. The molecule has 1 aromatic heterocycles. The highest BCUT2D eigenvalue weighted by Gasteiger charge is 2.12. The van der Waals surface area contributed by atoms with Crippen LogP contribution in [0.1, 0.15) is 0 Å². The highest BCUT2D eigenvalue weighted by Crippen LogP contribution is 2.25. The van der Waals surface area contributed by atoms with E-state index in [1.165, 1.54) is 6.04 Å².